The number of benzene rings is 1. The maximum absolute atomic E-state index is 6.02. The molecule has 6 heteroatoms. The first kappa shape index (κ1) is 17.2. The van der Waals surface area contributed by atoms with Gasteiger partial charge in [0.2, 0.25) is 0 Å². The Morgan fingerprint density at radius 1 is 1.26 bits per heavy atom. The second-order valence-corrected chi connectivity index (χ2v) is 8.86. The normalized spacial score (nSPS) is 24.3. The second-order valence-electron chi connectivity index (χ2n) is 8.86. The zero-order valence-electron chi connectivity index (χ0n) is 16.4. The quantitative estimate of drug-likeness (QED) is 0.903. The third-order valence-electron chi connectivity index (χ3n) is 6.06. The number of nitrogens with one attached hydrogen (secondary N) is 1. The average Bonchev–Trinajstić information content (AvgIpc) is 3.21. The number of aromatic nitrogens is 3. The molecule has 5 rings (SSSR count). The first-order chi connectivity index (χ1) is 13.1. The van der Waals surface area contributed by atoms with E-state index in [1.54, 1.807) is 0 Å². The van der Waals surface area contributed by atoms with E-state index in [0.29, 0.717) is 5.92 Å². The number of hydrogen-bond acceptors (Lipinski definition) is 5. The molecule has 3 aliphatic rings. The summed E-state index contributed by atoms with van der Waals surface area (Å²) in [5.74, 6) is 3.84. The van der Waals surface area contributed by atoms with Crippen LogP contribution in [0.25, 0.3) is 0 Å². The highest BCUT2D eigenvalue weighted by atomic mass is 16.5. The summed E-state index contributed by atoms with van der Waals surface area (Å²) in [6, 6.07) is 6.73. The topological polar surface area (TPSA) is 55.2 Å². The van der Waals surface area contributed by atoms with Gasteiger partial charge in [-0.05, 0) is 50.4 Å². The molecule has 1 aromatic heterocycles. The molecule has 1 aromatic carbocycles. The molecule has 0 saturated carbocycles. The van der Waals surface area contributed by atoms with Crippen LogP contribution in [-0.4, -0.2) is 44.9 Å². The summed E-state index contributed by atoms with van der Waals surface area (Å²) in [5, 5.41) is 12.3. The van der Waals surface area contributed by atoms with Crippen LogP contribution in [0.4, 0.5) is 0 Å². The minimum Gasteiger partial charge on any atom is -0.487 e. The smallest absolute Gasteiger partial charge is 0.147 e. The van der Waals surface area contributed by atoms with Crippen molar-refractivity contribution in [3.8, 4) is 5.75 Å². The fourth-order valence-corrected chi connectivity index (χ4v) is 4.85. The molecule has 27 heavy (non-hydrogen) atoms. The van der Waals surface area contributed by atoms with E-state index in [4.69, 9.17) is 4.74 Å². The highest BCUT2D eigenvalue weighted by molar-refractivity contribution is 5.41. The molecular formula is C21H29N5O. The van der Waals surface area contributed by atoms with Crippen LogP contribution in [0.5, 0.6) is 5.75 Å². The highest BCUT2D eigenvalue weighted by Gasteiger charge is 2.31. The van der Waals surface area contributed by atoms with Gasteiger partial charge in [-0.25, -0.2) is 0 Å². The van der Waals surface area contributed by atoms with Crippen LogP contribution >= 0.6 is 0 Å². The predicted octanol–water partition coefficient (Wildman–Crippen LogP) is 2.47. The Hall–Kier alpha value is -1.92. The van der Waals surface area contributed by atoms with Crippen LogP contribution in [0, 0.1) is 0 Å². The van der Waals surface area contributed by atoms with Gasteiger partial charge in [-0.2, -0.15) is 0 Å². The summed E-state index contributed by atoms with van der Waals surface area (Å²) in [4.78, 5) is 2.58. The lowest BCUT2D eigenvalue weighted by atomic mass is 9.96. The third kappa shape index (κ3) is 3.36. The van der Waals surface area contributed by atoms with Gasteiger partial charge in [0.05, 0.1) is 6.54 Å². The number of likely N-dealkylation sites (tertiary alicyclic amines) is 1. The SMILES string of the molecule is CC1(C)Cc2cc(CN3CCCC(c4nnc5n4CCNC5)C3)ccc2O1. The summed E-state index contributed by atoms with van der Waals surface area (Å²) >= 11 is 0. The monoisotopic (exact) mass is 367 g/mol. The van der Waals surface area contributed by atoms with E-state index >= 15 is 0 Å². The standard InChI is InChI=1S/C21H29N5O/c1-21(2)11-17-10-15(5-6-18(17)27-21)13-25-8-3-4-16(14-25)20-24-23-19-12-22-7-9-26(19)20/h5-6,10,16,22H,3-4,7-9,11-14H2,1-2H3. The molecular weight excluding hydrogens is 338 g/mol. The van der Waals surface area contributed by atoms with Gasteiger partial charge < -0.3 is 14.6 Å². The van der Waals surface area contributed by atoms with Crippen LogP contribution in [-0.2, 0) is 26.1 Å². The molecule has 1 saturated heterocycles. The summed E-state index contributed by atoms with van der Waals surface area (Å²) < 4.78 is 8.37. The first-order valence-electron chi connectivity index (χ1n) is 10.2. The van der Waals surface area contributed by atoms with Crippen molar-refractivity contribution in [2.45, 2.75) is 64.3 Å². The Morgan fingerprint density at radius 2 is 2.19 bits per heavy atom. The van der Waals surface area contributed by atoms with Gasteiger partial charge in [0.1, 0.15) is 23.0 Å². The molecule has 4 heterocycles. The number of rotatable bonds is 3. The lowest BCUT2D eigenvalue weighted by Crippen LogP contribution is -2.36. The van der Waals surface area contributed by atoms with Crippen molar-refractivity contribution in [1.82, 2.24) is 25.0 Å². The molecule has 6 nitrogen and oxygen atoms in total. The molecule has 3 aliphatic heterocycles. The van der Waals surface area contributed by atoms with Crippen LogP contribution in [0.2, 0.25) is 0 Å². The molecule has 1 N–H and O–H groups in total. The molecule has 2 aromatic rings. The van der Waals surface area contributed by atoms with Gasteiger partial charge in [0.15, 0.2) is 0 Å². The van der Waals surface area contributed by atoms with E-state index in [9.17, 15) is 0 Å². The number of nitrogens with zero attached hydrogens (tertiary/aromatic N) is 4. The zero-order chi connectivity index (χ0) is 18.4. The van der Waals surface area contributed by atoms with Crippen molar-refractivity contribution in [3.63, 3.8) is 0 Å². The first-order valence-corrected chi connectivity index (χ1v) is 10.2. The number of fused-ring (bicyclic) bond motifs is 2. The minimum atomic E-state index is -0.0706. The largest absolute Gasteiger partial charge is 0.487 e. The molecule has 0 amide bonds. The van der Waals surface area contributed by atoms with Crippen LogP contribution in [0.1, 0.15) is 55.4 Å². The lowest BCUT2D eigenvalue weighted by molar-refractivity contribution is 0.138. The van der Waals surface area contributed by atoms with E-state index in [2.05, 4.69) is 57.0 Å². The molecule has 0 radical (unpaired) electrons. The van der Waals surface area contributed by atoms with E-state index in [-0.39, 0.29) is 5.60 Å². The Kier molecular flexibility index (Phi) is 4.20. The number of ether oxygens (including phenoxy) is 1. The van der Waals surface area contributed by atoms with Crippen molar-refractivity contribution in [1.29, 1.82) is 0 Å². The van der Waals surface area contributed by atoms with Crippen LogP contribution in [0.3, 0.4) is 0 Å². The van der Waals surface area contributed by atoms with E-state index in [1.807, 2.05) is 0 Å². The maximum Gasteiger partial charge on any atom is 0.147 e. The fourth-order valence-electron chi connectivity index (χ4n) is 4.85. The lowest BCUT2D eigenvalue weighted by Gasteiger charge is -2.33. The fraction of sp³-hybridized carbons (Fsp3) is 0.619. The Morgan fingerprint density at radius 3 is 3.11 bits per heavy atom. The van der Waals surface area contributed by atoms with E-state index in [0.717, 1.165) is 57.3 Å². The number of hydrogen-bond donors (Lipinski definition) is 1. The van der Waals surface area contributed by atoms with Crippen molar-refractivity contribution >= 4 is 0 Å². The van der Waals surface area contributed by atoms with E-state index in [1.165, 1.54) is 29.8 Å². The van der Waals surface area contributed by atoms with Crippen LogP contribution in [0.15, 0.2) is 18.2 Å². The highest BCUT2D eigenvalue weighted by Crippen LogP contribution is 2.36. The van der Waals surface area contributed by atoms with Gasteiger partial charge in [0.25, 0.3) is 0 Å². The Balaban J connectivity index is 1.29. The van der Waals surface area contributed by atoms with Gasteiger partial charge >= 0.3 is 0 Å². The van der Waals surface area contributed by atoms with Gasteiger partial charge in [0, 0.05) is 38.5 Å². The summed E-state index contributed by atoms with van der Waals surface area (Å²) in [6.07, 6.45) is 3.44. The van der Waals surface area contributed by atoms with E-state index < -0.39 is 0 Å². The molecule has 0 aliphatic carbocycles. The van der Waals surface area contributed by atoms with Crippen molar-refractivity contribution in [2.75, 3.05) is 19.6 Å². The minimum absolute atomic E-state index is 0.0706. The van der Waals surface area contributed by atoms with Gasteiger partial charge in [-0.1, -0.05) is 12.1 Å². The Labute approximate surface area is 160 Å². The number of piperidine rings is 1. The zero-order valence-corrected chi connectivity index (χ0v) is 16.4. The van der Waals surface area contributed by atoms with Crippen LogP contribution < -0.4 is 10.1 Å². The van der Waals surface area contributed by atoms with Crippen molar-refractivity contribution < 1.29 is 4.74 Å². The third-order valence-corrected chi connectivity index (χ3v) is 6.06. The average molecular weight is 367 g/mol. The molecule has 144 valence electrons. The summed E-state index contributed by atoms with van der Waals surface area (Å²) in [7, 11) is 0. The summed E-state index contributed by atoms with van der Waals surface area (Å²) in [5.41, 5.74) is 2.67. The second kappa shape index (κ2) is 6.60. The molecule has 1 atom stereocenters. The molecule has 1 unspecified atom stereocenters. The Bertz CT molecular complexity index is 843. The summed E-state index contributed by atoms with van der Waals surface area (Å²) in [6.45, 7) is 10.4. The van der Waals surface area contributed by atoms with Crippen molar-refractivity contribution in [3.05, 3.63) is 41.0 Å². The van der Waals surface area contributed by atoms with Crippen molar-refractivity contribution in [2.24, 2.45) is 0 Å². The molecule has 0 bridgehead atoms. The predicted molar refractivity (Wildman–Crippen MR) is 104 cm³/mol. The molecule has 1 fully saturated rings. The maximum atomic E-state index is 6.02. The van der Waals surface area contributed by atoms with Gasteiger partial charge in [-0.3, -0.25) is 4.90 Å². The van der Waals surface area contributed by atoms with Gasteiger partial charge in [-0.15, -0.1) is 10.2 Å². The molecule has 0 spiro atoms.